The molecule has 5 aliphatic carbocycles. The molecule has 278 valence electrons. The molecule has 0 spiro atoms. The third-order valence-corrected chi connectivity index (χ3v) is 17.7. The van der Waals surface area contributed by atoms with Crippen LogP contribution < -0.4 is 5.32 Å². The Hall–Kier alpha value is -1.68. The minimum absolute atomic E-state index is 0.0484. The number of rotatable bonds is 8. The summed E-state index contributed by atoms with van der Waals surface area (Å²) < 4.78 is 31.7. The van der Waals surface area contributed by atoms with Crippen molar-refractivity contribution in [3.05, 3.63) is 0 Å². The van der Waals surface area contributed by atoms with E-state index < -0.39 is 27.4 Å². The standard InChI is InChI=1S/C39H64N2O7S/c1-34(2,33(44)45)23-32(43)48-30-14-17-36(5)28(35(30,3)4)13-18-38(7)29(36)12-11-26-27-10-9-16-39(27,20-19-37(26,38)6)22-31(42)40-25-15-21-41(24-25)49(8,46)47/h25-30H,9-24H2,1-8H3,(H,40,42)(H,44,45)/t25-,26-,27-,28?,29?,30+,36+,37-,38-,39-/m1/s1. The summed E-state index contributed by atoms with van der Waals surface area (Å²) in [6.07, 6.45) is 14.5. The van der Waals surface area contributed by atoms with Crippen LogP contribution in [0, 0.1) is 56.2 Å². The topological polar surface area (TPSA) is 130 Å². The number of nitrogens with zero attached hydrogens (tertiary/aromatic N) is 1. The van der Waals surface area contributed by atoms with E-state index in [0.29, 0.717) is 49.6 Å². The fraction of sp³-hybridized carbons (Fsp3) is 0.923. The van der Waals surface area contributed by atoms with Crippen LogP contribution in [0.4, 0.5) is 0 Å². The minimum Gasteiger partial charge on any atom is -0.481 e. The van der Waals surface area contributed by atoms with Gasteiger partial charge in [0, 0.05) is 31.0 Å². The zero-order valence-corrected chi connectivity index (χ0v) is 32.3. The number of carbonyl (C=O) groups is 3. The fourth-order valence-electron chi connectivity index (χ4n) is 13.6. The van der Waals surface area contributed by atoms with Crippen molar-refractivity contribution in [3.8, 4) is 0 Å². The smallest absolute Gasteiger partial charge is 0.309 e. The van der Waals surface area contributed by atoms with E-state index in [0.717, 1.165) is 38.5 Å². The van der Waals surface area contributed by atoms with Gasteiger partial charge in [-0.05, 0) is 130 Å². The molecule has 1 amide bonds. The number of aliphatic carboxylic acids is 1. The Morgan fingerprint density at radius 3 is 2.22 bits per heavy atom. The molecule has 0 radical (unpaired) electrons. The third kappa shape index (κ3) is 5.98. The minimum atomic E-state index is -3.24. The largest absolute Gasteiger partial charge is 0.481 e. The maximum Gasteiger partial charge on any atom is 0.309 e. The molecule has 2 N–H and O–H groups in total. The molecular weight excluding hydrogens is 641 g/mol. The van der Waals surface area contributed by atoms with E-state index in [1.165, 1.54) is 42.7 Å². The lowest BCUT2D eigenvalue weighted by molar-refractivity contribution is -0.248. The second kappa shape index (κ2) is 12.2. The lowest BCUT2D eigenvalue weighted by Crippen LogP contribution is -2.66. The number of hydrogen-bond acceptors (Lipinski definition) is 6. The van der Waals surface area contributed by atoms with Crippen molar-refractivity contribution in [1.82, 2.24) is 9.62 Å². The highest BCUT2D eigenvalue weighted by Gasteiger charge is 2.70. The van der Waals surface area contributed by atoms with Crippen LogP contribution in [-0.2, 0) is 29.1 Å². The molecule has 10 atom stereocenters. The Morgan fingerprint density at radius 1 is 0.857 bits per heavy atom. The predicted octanol–water partition coefficient (Wildman–Crippen LogP) is 6.79. The molecule has 1 aliphatic heterocycles. The van der Waals surface area contributed by atoms with Crippen molar-refractivity contribution in [2.45, 2.75) is 151 Å². The molecule has 0 aromatic rings. The monoisotopic (exact) mass is 704 g/mol. The first-order chi connectivity index (χ1) is 22.6. The summed E-state index contributed by atoms with van der Waals surface area (Å²) >= 11 is 0. The third-order valence-electron chi connectivity index (χ3n) is 16.4. The quantitative estimate of drug-likeness (QED) is 0.266. The van der Waals surface area contributed by atoms with Gasteiger partial charge < -0.3 is 15.2 Å². The average Bonchev–Trinajstić information content (AvgIpc) is 3.62. The number of hydrogen-bond donors (Lipinski definition) is 2. The van der Waals surface area contributed by atoms with Crippen molar-refractivity contribution in [2.75, 3.05) is 19.3 Å². The molecule has 5 saturated carbocycles. The lowest BCUT2D eigenvalue weighted by atomic mass is 9.32. The normalized spacial score (nSPS) is 43.4. The zero-order valence-electron chi connectivity index (χ0n) is 31.5. The maximum absolute atomic E-state index is 13.6. The number of nitrogens with one attached hydrogen (secondary N) is 1. The van der Waals surface area contributed by atoms with Crippen molar-refractivity contribution in [2.24, 2.45) is 56.2 Å². The predicted molar refractivity (Wildman–Crippen MR) is 189 cm³/mol. The molecule has 10 heteroatoms. The summed E-state index contributed by atoms with van der Waals surface area (Å²) in [5, 5.41) is 12.8. The summed E-state index contributed by atoms with van der Waals surface area (Å²) in [6, 6.07) is -0.0999. The number of carboxylic acids is 1. The molecule has 49 heavy (non-hydrogen) atoms. The summed E-state index contributed by atoms with van der Waals surface area (Å²) in [5.74, 6) is 0.880. The molecule has 6 aliphatic rings. The molecule has 0 bridgehead atoms. The second-order valence-corrected chi connectivity index (χ2v) is 21.6. The van der Waals surface area contributed by atoms with Gasteiger partial charge in [-0.1, -0.05) is 41.0 Å². The van der Waals surface area contributed by atoms with E-state index in [2.05, 4.69) is 39.9 Å². The van der Waals surface area contributed by atoms with Crippen molar-refractivity contribution >= 4 is 27.9 Å². The van der Waals surface area contributed by atoms with Crippen LogP contribution in [-0.4, -0.2) is 67.2 Å². The van der Waals surface area contributed by atoms with E-state index in [-0.39, 0.29) is 51.5 Å². The Kier molecular flexibility index (Phi) is 9.23. The van der Waals surface area contributed by atoms with Crippen molar-refractivity contribution in [1.29, 1.82) is 0 Å². The van der Waals surface area contributed by atoms with Gasteiger partial charge in [0.25, 0.3) is 0 Å². The average molecular weight is 705 g/mol. The summed E-state index contributed by atoms with van der Waals surface area (Å²) in [5.41, 5.74) is -0.763. The van der Waals surface area contributed by atoms with E-state index in [1.54, 1.807) is 13.8 Å². The Balaban J connectivity index is 1.16. The zero-order chi connectivity index (χ0) is 36.0. The highest BCUT2D eigenvalue weighted by molar-refractivity contribution is 7.88. The number of amides is 1. The van der Waals surface area contributed by atoms with Crippen LogP contribution in [0.2, 0.25) is 0 Å². The SMILES string of the molecule is CC(C)(CC(=O)O[C@H]1CC[C@@]2(C)C(CC[C@]3(C)C2CC[C@@H]2[C@H]4CCC[C@]4(CC(=O)N[C@@H]4CCN(S(C)(=O)=O)C4)CC[C@]23C)C1(C)C)C(=O)O. The van der Waals surface area contributed by atoms with Gasteiger partial charge in [0.05, 0.1) is 18.1 Å². The fourth-order valence-corrected chi connectivity index (χ4v) is 14.5. The Labute approximate surface area is 295 Å². The molecule has 0 aromatic carbocycles. The van der Waals surface area contributed by atoms with E-state index in [4.69, 9.17) is 4.74 Å². The molecule has 1 heterocycles. The van der Waals surface area contributed by atoms with Crippen LogP contribution >= 0.6 is 0 Å². The first-order valence-electron chi connectivity index (χ1n) is 19.3. The Bertz CT molecular complexity index is 1460. The first kappa shape index (κ1) is 37.1. The molecular formula is C39H64N2O7S. The van der Waals surface area contributed by atoms with Gasteiger partial charge in [-0.2, -0.15) is 0 Å². The van der Waals surface area contributed by atoms with Gasteiger partial charge in [0.2, 0.25) is 15.9 Å². The van der Waals surface area contributed by atoms with Gasteiger partial charge in [-0.3, -0.25) is 14.4 Å². The van der Waals surface area contributed by atoms with Gasteiger partial charge in [0.1, 0.15) is 6.10 Å². The summed E-state index contributed by atoms with van der Waals surface area (Å²) in [4.78, 5) is 38.3. The number of fused-ring (bicyclic) bond motifs is 7. The second-order valence-electron chi connectivity index (χ2n) is 19.6. The van der Waals surface area contributed by atoms with Crippen LogP contribution in [0.5, 0.6) is 0 Å². The van der Waals surface area contributed by atoms with Gasteiger partial charge >= 0.3 is 11.9 Å². The van der Waals surface area contributed by atoms with E-state index in [1.807, 2.05) is 0 Å². The maximum atomic E-state index is 13.6. The highest BCUT2D eigenvalue weighted by atomic mass is 32.2. The van der Waals surface area contributed by atoms with Crippen molar-refractivity contribution < 1.29 is 32.6 Å². The van der Waals surface area contributed by atoms with Gasteiger partial charge in [-0.15, -0.1) is 0 Å². The number of esters is 1. The van der Waals surface area contributed by atoms with Crippen molar-refractivity contribution in [3.63, 3.8) is 0 Å². The van der Waals surface area contributed by atoms with Crippen LogP contribution in [0.15, 0.2) is 0 Å². The molecule has 1 saturated heterocycles. The number of ether oxygens (including phenoxy) is 1. The van der Waals surface area contributed by atoms with Crippen LogP contribution in [0.3, 0.4) is 0 Å². The summed E-state index contributed by atoms with van der Waals surface area (Å²) in [6.45, 7) is 16.4. The van der Waals surface area contributed by atoms with E-state index in [9.17, 15) is 27.9 Å². The molecule has 2 unspecified atom stereocenters. The molecule has 9 nitrogen and oxygen atoms in total. The number of sulfonamides is 1. The highest BCUT2D eigenvalue weighted by Crippen LogP contribution is 2.77. The first-order valence-corrected chi connectivity index (χ1v) is 21.1. The Morgan fingerprint density at radius 2 is 1.57 bits per heavy atom. The molecule has 6 fully saturated rings. The van der Waals surface area contributed by atoms with Crippen LogP contribution in [0.25, 0.3) is 0 Å². The number of carbonyl (C=O) groups excluding carboxylic acids is 2. The van der Waals surface area contributed by atoms with Gasteiger partial charge in [-0.25, -0.2) is 12.7 Å². The number of carboxylic acid groups (broad SMARTS) is 1. The van der Waals surface area contributed by atoms with E-state index >= 15 is 0 Å². The van der Waals surface area contributed by atoms with Crippen LogP contribution in [0.1, 0.15) is 138 Å². The molecule has 6 rings (SSSR count). The summed E-state index contributed by atoms with van der Waals surface area (Å²) in [7, 11) is -3.24. The van der Waals surface area contributed by atoms with Gasteiger partial charge in [0.15, 0.2) is 0 Å². The lowest BCUT2D eigenvalue weighted by Gasteiger charge is -2.72. The molecule has 0 aromatic heterocycles.